The summed E-state index contributed by atoms with van der Waals surface area (Å²) in [5.41, 5.74) is 6.76. The molecule has 0 aromatic heterocycles. The number of benzene rings is 2. The van der Waals surface area contributed by atoms with Gasteiger partial charge < -0.3 is 0 Å². The summed E-state index contributed by atoms with van der Waals surface area (Å²) in [5, 5.41) is 0. The van der Waals surface area contributed by atoms with Gasteiger partial charge in [-0.2, -0.15) is 0 Å². The summed E-state index contributed by atoms with van der Waals surface area (Å²) >= 11 is 0. The SMILES string of the molecule is C=C(/C(=C/C)C(=O)c1cc(C)c(CCC)cc1C)c1ccccc1. The molecule has 2 aromatic carbocycles. The lowest BCUT2D eigenvalue weighted by Crippen LogP contribution is -2.08. The summed E-state index contributed by atoms with van der Waals surface area (Å²) in [6.07, 6.45) is 4.03. The third kappa shape index (κ3) is 3.73. The smallest absolute Gasteiger partial charge is 0.193 e. The minimum absolute atomic E-state index is 0.0509. The third-order valence-corrected chi connectivity index (χ3v) is 4.43. The second-order valence-corrected chi connectivity index (χ2v) is 6.22. The van der Waals surface area contributed by atoms with E-state index in [9.17, 15) is 4.79 Å². The molecule has 0 saturated carbocycles. The van der Waals surface area contributed by atoms with Gasteiger partial charge in [0.25, 0.3) is 0 Å². The third-order valence-electron chi connectivity index (χ3n) is 4.43. The van der Waals surface area contributed by atoms with E-state index in [4.69, 9.17) is 0 Å². The predicted octanol–water partition coefficient (Wildman–Crippen LogP) is 6.10. The van der Waals surface area contributed by atoms with E-state index in [1.165, 1.54) is 11.1 Å². The van der Waals surface area contributed by atoms with Crippen LogP contribution in [0.3, 0.4) is 0 Å². The van der Waals surface area contributed by atoms with E-state index in [1.54, 1.807) is 0 Å². The van der Waals surface area contributed by atoms with E-state index < -0.39 is 0 Å². The molecule has 0 atom stereocenters. The van der Waals surface area contributed by atoms with Crippen molar-refractivity contribution in [2.45, 2.75) is 40.5 Å². The highest BCUT2D eigenvalue weighted by Gasteiger charge is 2.18. The van der Waals surface area contributed by atoms with E-state index in [2.05, 4.69) is 26.5 Å². The first-order valence-corrected chi connectivity index (χ1v) is 8.55. The number of hydrogen-bond donors (Lipinski definition) is 0. The Morgan fingerprint density at radius 1 is 1.08 bits per heavy atom. The Bertz CT molecular complexity index is 779. The standard InChI is InChI=1S/C23H26O/c1-6-11-20-14-17(4)22(15-16(20)3)23(24)21(7-2)18(5)19-12-9-8-10-13-19/h7-10,12-15H,5-6,11H2,1-4H3/b21-7-. The van der Waals surface area contributed by atoms with Crippen molar-refractivity contribution in [2.24, 2.45) is 0 Å². The van der Waals surface area contributed by atoms with E-state index in [1.807, 2.05) is 56.3 Å². The molecule has 0 N–H and O–H groups in total. The molecule has 0 bridgehead atoms. The van der Waals surface area contributed by atoms with Gasteiger partial charge in [-0.3, -0.25) is 4.79 Å². The second-order valence-electron chi connectivity index (χ2n) is 6.22. The van der Waals surface area contributed by atoms with Crippen LogP contribution in [0, 0.1) is 13.8 Å². The Balaban J connectivity index is 2.40. The average Bonchev–Trinajstić information content (AvgIpc) is 2.59. The molecular weight excluding hydrogens is 292 g/mol. The van der Waals surface area contributed by atoms with Gasteiger partial charge in [-0.25, -0.2) is 0 Å². The first-order chi connectivity index (χ1) is 11.5. The normalized spacial score (nSPS) is 11.4. The number of rotatable bonds is 6. The molecule has 0 amide bonds. The quantitative estimate of drug-likeness (QED) is 0.357. The molecule has 24 heavy (non-hydrogen) atoms. The van der Waals surface area contributed by atoms with Crippen LogP contribution in [-0.2, 0) is 6.42 Å². The van der Waals surface area contributed by atoms with Crippen molar-refractivity contribution < 1.29 is 4.79 Å². The molecule has 124 valence electrons. The van der Waals surface area contributed by atoms with Crippen molar-refractivity contribution in [3.63, 3.8) is 0 Å². The Hall–Kier alpha value is -2.41. The largest absolute Gasteiger partial charge is 0.289 e. The van der Waals surface area contributed by atoms with Crippen molar-refractivity contribution >= 4 is 11.4 Å². The fourth-order valence-electron chi connectivity index (χ4n) is 3.04. The van der Waals surface area contributed by atoms with Crippen molar-refractivity contribution in [3.8, 4) is 0 Å². The summed E-state index contributed by atoms with van der Waals surface area (Å²) in [7, 11) is 0. The van der Waals surface area contributed by atoms with E-state index >= 15 is 0 Å². The summed E-state index contributed by atoms with van der Waals surface area (Å²) < 4.78 is 0. The van der Waals surface area contributed by atoms with E-state index in [0.717, 1.165) is 35.1 Å². The van der Waals surface area contributed by atoms with Gasteiger partial charge >= 0.3 is 0 Å². The number of ketones is 1. The molecular formula is C23H26O. The Kier molecular flexibility index (Phi) is 5.92. The molecule has 0 aliphatic carbocycles. The molecule has 0 aliphatic rings. The zero-order valence-corrected chi connectivity index (χ0v) is 15.1. The summed E-state index contributed by atoms with van der Waals surface area (Å²) in [5.74, 6) is 0.0509. The first kappa shape index (κ1) is 17.9. The zero-order chi connectivity index (χ0) is 17.7. The molecule has 0 radical (unpaired) electrons. The maximum absolute atomic E-state index is 13.1. The fraction of sp³-hybridized carbons (Fsp3) is 0.261. The van der Waals surface area contributed by atoms with Crippen molar-refractivity contribution in [3.05, 3.63) is 88.5 Å². The summed E-state index contributed by atoms with van der Waals surface area (Å²) in [6, 6.07) is 14.1. The van der Waals surface area contributed by atoms with Crippen LogP contribution in [0.1, 0.15) is 52.9 Å². The zero-order valence-electron chi connectivity index (χ0n) is 15.1. The van der Waals surface area contributed by atoms with Gasteiger partial charge in [-0.1, -0.05) is 62.4 Å². The number of Topliss-reactive ketones (excluding diaryl/α,β-unsaturated/α-hetero) is 1. The lowest BCUT2D eigenvalue weighted by Gasteiger charge is -2.14. The number of allylic oxidation sites excluding steroid dienone is 3. The maximum atomic E-state index is 13.1. The van der Waals surface area contributed by atoms with Crippen LogP contribution >= 0.6 is 0 Å². The number of aryl methyl sites for hydroxylation is 3. The van der Waals surface area contributed by atoms with Crippen LogP contribution in [-0.4, -0.2) is 5.78 Å². The van der Waals surface area contributed by atoms with Crippen molar-refractivity contribution in [1.29, 1.82) is 0 Å². The molecule has 1 nitrogen and oxygen atoms in total. The highest BCUT2D eigenvalue weighted by molar-refractivity contribution is 6.19. The van der Waals surface area contributed by atoms with Gasteiger partial charge in [0.15, 0.2) is 5.78 Å². The number of carbonyl (C=O) groups is 1. The van der Waals surface area contributed by atoms with Gasteiger partial charge in [0.2, 0.25) is 0 Å². The maximum Gasteiger partial charge on any atom is 0.193 e. The molecule has 2 aromatic rings. The van der Waals surface area contributed by atoms with Gasteiger partial charge in [-0.15, -0.1) is 0 Å². The summed E-state index contributed by atoms with van der Waals surface area (Å²) in [6.45, 7) is 12.3. The topological polar surface area (TPSA) is 17.1 Å². The Labute approximate surface area is 145 Å². The minimum atomic E-state index is 0.0509. The first-order valence-electron chi connectivity index (χ1n) is 8.55. The lowest BCUT2D eigenvalue weighted by molar-refractivity contribution is 0.103. The molecule has 2 rings (SSSR count). The van der Waals surface area contributed by atoms with Gasteiger partial charge in [0.1, 0.15) is 0 Å². The Morgan fingerprint density at radius 3 is 2.33 bits per heavy atom. The lowest BCUT2D eigenvalue weighted by atomic mass is 9.88. The van der Waals surface area contributed by atoms with Gasteiger partial charge in [0, 0.05) is 11.1 Å². The van der Waals surface area contributed by atoms with Crippen LogP contribution in [0.15, 0.2) is 60.7 Å². The van der Waals surface area contributed by atoms with Crippen LogP contribution in [0.2, 0.25) is 0 Å². The van der Waals surface area contributed by atoms with E-state index in [-0.39, 0.29) is 5.78 Å². The van der Waals surface area contributed by atoms with Crippen LogP contribution < -0.4 is 0 Å². The minimum Gasteiger partial charge on any atom is -0.289 e. The highest BCUT2D eigenvalue weighted by Crippen LogP contribution is 2.27. The van der Waals surface area contributed by atoms with Gasteiger partial charge in [0.05, 0.1) is 0 Å². The number of hydrogen-bond acceptors (Lipinski definition) is 1. The summed E-state index contributed by atoms with van der Waals surface area (Å²) in [4.78, 5) is 13.1. The molecule has 0 unspecified atom stereocenters. The molecule has 0 heterocycles. The van der Waals surface area contributed by atoms with Crippen LogP contribution in [0.5, 0.6) is 0 Å². The monoisotopic (exact) mass is 318 g/mol. The molecule has 0 fully saturated rings. The predicted molar refractivity (Wildman–Crippen MR) is 103 cm³/mol. The molecule has 1 heteroatoms. The van der Waals surface area contributed by atoms with Gasteiger partial charge in [-0.05, 0) is 61.1 Å². The van der Waals surface area contributed by atoms with Crippen LogP contribution in [0.25, 0.3) is 5.57 Å². The Morgan fingerprint density at radius 2 is 1.75 bits per heavy atom. The number of carbonyl (C=O) groups excluding carboxylic acids is 1. The van der Waals surface area contributed by atoms with E-state index in [0.29, 0.717) is 5.57 Å². The molecule has 0 spiro atoms. The average molecular weight is 318 g/mol. The second kappa shape index (κ2) is 7.92. The van der Waals surface area contributed by atoms with Crippen molar-refractivity contribution in [1.82, 2.24) is 0 Å². The molecule has 0 aliphatic heterocycles. The van der Waals surface area contributed by atoms with Crippen molar-refractivity contribution in [2.75, 3.05) is 0 Å². The highest BCUT2D eigenvalue weighted by atomic mass is 16.1. The fourth-order valence-corrected chi connectivity index (χ4v) is 3.04. The van der Waals surface area contributed by atoms with Crippen LogP contribution in [0.4, 0.5) is 0 Å². The molecule has 0 saturated heterocycles.